The summed E-state index contributed by atoms with van der Waals surface area (Å²) in [5, 5.41) is 0.195. The Morgan fingerprint density at radius 1 is 1.23 bits per heavy atom. The molecule has 0 aromatic carbocycles. The maximum atomic E-state index is 12.5. The van der Waals surface area contributed by atoms with Crippen LogP contribution in [0.4, 0.5) is 0 Å². The molecule has 2 rings (SSSR count). The maximum absolute atomic E-state index is 12.5. The van der Waals surface area contributed by atoms with Crippen molar-refractivity contribution in [3.63, 3.8) is 0 Å². The second-order valence-corrected chi connectivity index (χ2v) is 16.9. The van der Waals surface area contributed by atoms with Crippen molar-refractivity contribution in [2.45, 2.75) is 116 Å². The van der Waals surface area contributed by atoms with Gasteiger partial charge in [0.15, 0.2) is 14.1 Å². The van der Waals surface area contributed by atoms with E-state index in [-0.39, 0.29) is 34.7 Å². The monoisotopic (exact) mass is 502 g/mol. The smallest absolute Gasteiger partial charge is 0.305 e. The van der Waals surface area contributed by atoms with Gasteiger partial charge in [-0.25, -0.2) is 0 Å². The van der Waals surface area contributed by atoms with E-state index in [1.165, 1.54) is 39.2 Å². The van der Waals surface area contributed by atoms with Crippen molar-refractivity contribution < 1.29 is 18.8 Å². The van der Waals surface area contributed by atoms with Gasteiger partial charge in [0.1, 0.15) is 0 Å². The Labute approximate surface area is 215 Å². The van der Waals surface area contributed by atoms with Crippen LogP contribution in [-0.2, 0) is 18.8 Å². The van der Waals surface area contributed by atoms with E-state index in [1.807, 2.05) is 0 Å². The van der Waals surface area contributed by atoms with Crippen LogP contribution in [0.1, 0.15) is 91.9 Å². The molecule has 1 saturated carbocycles. The first-order valence-electron chi connectivity index (χ1n) is 13.7. The summed E-state index contributed by atoms with van der Waals surface area (Å²) in [4.78, 5) is 23.7. The zero-order valence-electron chi connectivity index (χ0n) is 23.4. The van der Waals surface area contributed by atoms with E-state index in [9.17, 15) is 9.59 Å². The van der Waals surface area contributed by atoms with Crippen LogP contribution in [0.3, 0.4) is 0 Å². The highest BCUT2D eigenvalue weighted by Crippen LogP contribution is 2.52. The van der Waals surface area contributed by atoms with E-state index >= 15 is 0 Å². The van der Waals surface area contributed by atoms with Crippen LogP contribution in [0.2, 0.25) is 18.1 Å². The fraction of sp³-hybridized carbons (Fsp3) is 0.733. The van der Waals surface area contributed by atoms with Crippen molar-refractivity contribution in [1.29, 1.82) is 0 Å². The standard InChI is InChI=1S/C30H50O4Si/c1-8-21-30(22-14-23-30)27(34-35(6,7)29(2,3)4)17-13-15-24-19-20-26(31)25(24)16-11-9-10-12-18-28(32)33-5/h9,11,13,15,19-20,24-25,27H,8,10,12,14,16-18,21-23H2,1-7H3/t24-,25+,27?/m0/s1. The van der Waals surface area contributed by atoms with Crippen molar-refractivity contribution >= 4 is 20.1 Å². The molecule has 1 fully saturated rings. The number of hydrogen-bond donors (Lipinski definition) is 0. The summed E-state index contributed by atoms with van der Waals surface area (Å²) in [6.45, 7) is 14.0. The minimum atomic E-state index is -1.87. The van der Waals surface area contributed by atoms with Crippen LogP contribution in [0.5, 0.6) is 0 Å². The molecule has 0 aromatic rings. The molecule has 4 nitrogen and oxygen atoms in total. The Balaban J connectivity index is 2.01. The predicted molar refractivity (Wildman–Crippen MR) is 148 cm³/mol. The third-order valence-electron chi connectivity index (χ3n) is 8.58. The van der Waals surface area contributed by atoms with Gasteiger partial charge in [-0.15, -0.1) is 0 Å². The molecule has 198 valence electrons. The van der Waals surface area contributed by atoms with Crippen molar-refractivity contribution in [3.8, 4) is 0 Å². The van der Waals surface area contributed by atoms with Crippen molar-refractivity contribution in [2.75, 3.05) is 7.11 Å². The highest BCUT2D eigenvalue weighted by molar-refractivity contribution is 6.74. The molecule has 0 heterocycles. The van der Waals surface area contributed by atoms with Crippen molar-refractivity contribution in [1.82, 2.24) is 0 Å². The van der Waals surface area contributed by atoms with Gasteiger partial charge in [0.05, 0.1) is 13.2 Å². The van der Waals surface area contributed by atoms with Gasteiger partial charge in [0.25, 0.3) is 0 Å². The molecule has 0 saturated heterocycles. The lowest BCUT2D eigenvalue weighted by Crippen LogP contribution is -2.51. The molecule has 0 amide bonds. The maximum Gasteiger partial charge on any atom is 0.305 e. The van der Waals surface area contributed by atoms with E-state index in [0.717, 1.165) is 25.7 Å². The highest BCUT2D eigenvalue weighted by Gasteiger charge is 2.48. The second-order valence-electron chi connectivity index (χ2n) is 12.1. The Bertz CT molecular complexity index is 783. The first kappa shape index (κ1) is 29.8. The van der Waals surface area contributed by atoms with Gasteiger partial charge in [-0.05, 0) is 74.6 Å². The molecule has 0 aliphatic heterocycles. The molecule has 0 spiro atoms. The van der Waals surface area contributed by atoms with Crippen LogP contribution in [0.15, 0.2) is 36.5 Å². The fourth-order valence-corrected chi connectivity index (χ4v) is 6.54. The van der Waals surface area contributed by atoms with Gasteiger partial charge < -0.3 is 9.16 Å². The third-order valence-corrected chi connectivity index (χ3v) is 13.1. The Kier molecular flexibility index (Phi) is 11.2. The molecular formula is C30H50O4Si. The summed E-state index contributed by atoms with van der Waals surface area (Å²) in [5.74, 6) is 0.182. The summed E-state index contributed by atoms with van der Waals surface area (Å²) >= 11 is 0. The summed E-state index contributed by atoms with van der Waals surface area (Å²) in [7, 11) is -0.455. The molecule has 0 radical (unpaired) electrons. The van der Waals surface area contributed by atoms with Crippen LogP contribution in [-0.4, -0.2) is 33.3 Å². The average Bonchev–Trinajstić information content (AvgIpc) is 3.10. The number of esters is 1. The van der Waals surface area contributed by atoms with Gasteiger partial charge in [-0.3, -0.25) is 9.59 Å². The van der Waals surface area contributed by atoms with E-state index in [4.69, 9.17) is 4.43 Å². The van der Waals surface area contributed by atoms with Gasteiger partial charge in [0, 0.05) is 18.3 Å². The summed E-state index contributed by atoms with van der Waals surface area (Å²) in [6, 6.07) is 0. The van der Waals surface area contributed by atoms with Crippen molar-refractivity contribution in [2.24, 2.45) is 17.3 Å². The first-order chi connectivity index (χ1) is 16.5. The van der Waals surface area contributed by atoms with Crippen LogP contribution in [0, 0.1) is 17.3 Å². The molecule has 3 atom stereocenters. The number of ketones is 1. The van der Waals surface area contributed by atoms with E-state index in [2.05, 4.69) is 75.9 Å². The number of methoxy groups -OCH3 is 1. The molecule has 5 heteroatoms. The van der Waals surface area contributed by atoms with E-state index in [1.54, 1.807) is 6.08 Å². The number of ether oxygens (including phenoxy) is 1. The molecule has 1 unspecified atom stereocenters. The summed E-state index contributed by atoms with van der Waals surface area (Å²) < 4.78 is 11.7. The molecule has 35 heavy (non-hydrogen) atoms. The zero-order valence-corrected chi connectivity index (χ0v) is 24.4. The van der Waals surface area contributed by atoms with Gasteiger partial charge >= 0.3 is 5.97 Å². The number of allylic oxidation sites excluding steroid dienone is 5. The highest BCUT2D eigenvalue weighted by atomic mass is 28.4. The predicted octanol–water partition coefficient (Wildman–Crippen LogP) is 7.95. The van der Waals surface area contributed by atoms with Crippen LogP contribution < -0.4 is 0 Å². The Morgan fingerprint density at radius 3 is 2.51 bits per heavy atom. The molecule has 0 aromatic heterocycles. The molecular weight excluding hydrogens is 452 g/mol. The lowest BCUT2D eigenvalue weighted by atomic mass is 9.62. The zero-order chi connectivity index (χ0) is 26.1. The lowest BCUT2D eigenvalue weighted by molar-refractivity contribution is -0.140. The summed E-state index contributed by atoms with van der Waals surface area (Å²) in [5.41, 5.74) is 0.322. The van der Waals surface area contributed by atoms with Gasteiger partial charge in [-0.1, -0.05) is 70.9 Å². The number of carbonyl (C=O) groups excluding carboxylic acids is 2. The van der Waals surface area contributed by atoms with E-state index in [0.29, 0.717) is 11.8 Å². The van der Waals surface area contributed by atoms with Gasteiger partial charge in [-0.2, -0.15) is 0 Å². The Hall–Kier alpha value is -1.46. The lowest BCUT2D eigenvalue weighted by Gasteiger charge is -2.51. The molecule has 0 N–H and O–H groups in total. The topological polar surface area (TPSA) is 52.6 Å². The Morgan fingerprint density at radius 2 is 1.94 bits per heavy atom. The van der Waals surface area contributed by atoms with Gasteiger partial charge in [0.2, 0.25) is 0 Å². The normalized spacial score (nSPS) is 23.2. The van der Waals surface area contributed by atoms with E-state index < -0.39 is 8.32 Å². The van der Waals surface area contributed by atoms with Crippen LogP contribution >= 0.6 is 0 Å². The average molecular weight is 503 g/mol. The number of hydrogen-bond acceptors (Lipinski definition) is 4. The quantitative estimate of drug-likeness (QED) is 0.105. The number of carbonyl (C=O) groups is 2. The largest absolute Gasteiger partial charge is 0.469 e. The van der Waals surface area contributed by atoms with Crippen molar-refractivity contribution in [3.05, 3.63) is 36.5 Å². The third kappa shape index (κ3) is 8.28. The minimum Gasteiger partial charge on any atom is -0.469 e. The fourth-order valence-electron chi connectivity index (χ4n) is 5.13. The number of rotatable bonds is 14. The number of unbranched alkanes of at least 4 members (excludes halogenated alkanes) is 1. The minimum absolute atomic E-state index is 0.0174. The van der Waals surface area contributed by atoms with Crippen LogP contribution in [0.25, 0.3) is 0 Å². The molecule has 2 aliphatic rings. The second kappa shape index (κ2) is 13.2. The molecule has 2 aliphatic carbocycles. The summed E-state index contributed by atoms with van der Waals surface area (Å²) in [6.07, 6.45) is 22.8. The molecule has 0 bridgehead atoms. The first-order valence-corrected chi connectivity index (χ1v) is 16.6. The SMILES string of the molecule is CCCC1(C(CC=C[C@H]2C=CC(=O)[C@@H]2CC=CCCCC(=O)OC)O[Si](C)(C)C(C)(C)C)CCC1.